The van der Waals surface area contributed by atoms with Gasteiger partial charge in [-0.2, -0.15) is 0 Å². The highest BCUT2D eigenvalue weighted by Crippen LogP contribution is 2.15. The molecule has 1 aromatic rings. The summed E-state index contributed by atoms with van der Waals surface area (Å²) in [7, 11) is 0. The lowest BCUT2D eigenvalue weighted by Gasteiger charge is -2.16. The minimum absolute atomic E-state index is 0.306. The van der Waals surface area contributed by atoms with Crippen LogP contribution in [-0.2, 0) is 0 Å². The van der Waals surface area contributed by atoms with E-state index in [1.165, 1.54) is 5.56 Å². The lowest BCUT2D eigenvalue weighted by atomic mass is 10.1. The maximum Gasteiger partial charge on any atom is 0.0446 e. The summed E-state index contributed by atoms with van der Waals surface area (Å²) in [5, 5.41) is 3.50. The summed E-state index contributed by atoms with van der Waals surface area (Å²) < 4.78 is 0. The molecule has 1 heterocycles. The third kappa shape index (κ3) is 4.04. The first-order chi connectivity index (χ1) is 7.77. The average Bonchev–Trinajstić information content (AvgIpc) is 2.31. The largest absolute Gasteiger partial charge is 0.309 e. The van der Waals surface area contributed by atoms with E-state index in [0.29, 0.717) is 6.04 Å². The van der Waals surface area contributed by atoms with Crippen molar-refractivity contribution in [2.24, 2.45) is 0 Å². The normalized spacial score (nSPS) is 11.7. The highest BCUT2D eigenvalue weighted by Gasteiger charge is 2.08. The first-order valence-corrected chi connectivity index (χ1v) is 5.83. The Balaban J connectivity index is 2.72. The molecule has 1 aromatic heterocycles. The summed E-state index contributed by atoms with van der Waals surface area (Å²) in [5.74, 6) is 6.08. The van der Waals surface area contributed by atoms with Gasteiger partial charge in [-0.3, -0.25) is 4.98 Å². The Morgan fingerprint density at radius 1 is 1.44 bits per heavy atom. The SMILES string of the molecule is CC#CCC(NCCC)c1ccc(C)nc1. The van der Waals surface area contributed by atoms with E-state index in [2.05, 4.69) is 41.2 Å². The van der Waals surface area contributed by atoms with Crippen molar-refractivity contribution in [1.82, 2.24) is 10.3 Å². The molecule has 0 radical (unpaired) electrons. The van der Waals surface area contributed by atoms with E-state index in [1.807, 2.05) is 20.0 Å². The quantitative estimate of drug-likeness (QED) is 0.766. The Kier molecular flexibility index (Phi) is 5.60. The van der Waals surface area contributed by atoms with Gasteiger partial charge in [-0.1, -0.05) is 13.0 Å². The van der Waals surface area contributed by atoms with Gasteiger partial charge in [0.1, 0.15) is 0 Å². The Labute approximate surface area is 98.5 Å². The average molecular weight is 216 g/mol. The van der Waals surface area contributed by atoms with E-state index in [0.717, 1.165) is 25.1 Å². The van der Waals surface area contributed by atoms with Crippen LogP contribution in [0, 0.1) is 18.8 Å². The Morgan fingerprint density at radius 2 is 2.25 bits per heavy atom. The molecule has 2 nitrogen and oxygen atoms in total. The van der Waals surface area contributed by atoms with Gasteiger partial charge in [0.25, 0.3) is 0 Å². The molecule has 0 bridgehead atoms. The highest BCUT2D eigenvalue weighted by molar-refractivity contribution is 5.19. The predicted octanol–water partition coefficient (Wildman–Crippen LogP) is 2.84. The van der Waals surface area contributed by atoms with Crippen molar-refractivity contribution in [2.75, 3.05) is 6.54 Å². The van der Waals surface area contributed by atoms with Crippen LogP contribution in [0.25, 0.3) is 0 Å². The monoisotopic (exact) mass is 216 g/mol. The maximum atomic E-state index is 4.33. The molecule has 0 fully saturated rings. The van der Waals surface area contributed by atoms with Crippen molar-refractivity contribution in [3.05, 3.63) is 29.6 Å². The number of hydrogen-bond donors (Lipinski definition) is 1. The van der Waals surface area contributed by atoms with Gasteiger partial charge in [-0.25, -0.2) is 0 Å². The summed E-state index contributed by atoms with van der Waals surface area (Å²) in [5.41, 5.74) is 2.28. The highest BCUT2D eigenvalue weighted by atomic mass is 14.9. The molecule has 1 unspecified atom stereocenters. The molecule has 0 amide bonds. The number of nitrogens with one attached hydrogen (secondary N) is 1. The summed E-state index contributed by atoms with van der Waals surface area (Å²) in [6.07, 6.45) is 3.93. The van der Waals surface area contributed by atoms with Crippen molar-refractivity contribution in [3.8, 4) is 11.8 Å². The van der Waals surface area contributed by atoms with Crippen molar-refractivity contribution < 1.29 is 0 Å². The zero-order chi connectivity index (χ0) is 11.8. The standard InChI is InChI=1S/C14H20N2/c1-4-6-7-14(15-10-5-2)13-9-8-12(3)16-11-13/h8-9,11,14-15H,5,7,10H2,1-3H3. The zero-order valence-electron chi connectivity index (χ0n) is 10.4. The number of aromatic nitrogens is 1. The van der Waals surface area contributed by atoms with Crippen LogP contribution in [0.1, 0.15) is 44.0 Å². The number of rotatable bonds is 5. The number of pyridine rings is 1. The van der Waals surface area contributed by atoms with E-state index in [4.69, 9.17) is 0 Å². The molecule has 16 heavy (non-hydrogen) atoms. The van der Waals surface area contributed by atoms with Gasteiger partial charge < -0.3 is 5.32 Å². The second kappa shape index (κ2) is 7.03. The van der Waals surface area contributed by atoms with Gasteiger partial charge in [-0.15, -0.1) is 11.8 Å². The predicted molar refractivity (Wildman–Crippen MR) is 68.1 cm³/mol. The van der Waals surface area contributed by atoms with Gasteiger partial charge in [0.15, 0.2) is 0 Å². The summed E-state index contributed by atoms with van der Waals surface area (Å²) >= 11 is 0. The summed E-state index contributed by atoms with van der Waals surface area (Å²) in [6.45, 7) is 7.07. The second-order valence-corrected chi connectivity index (χ2v) is 3.87. The molecule has 1 rings (SSSR count). The molecule has 0 aliphatic rings. The fourth-order valence-corrected chi connectivity index (χ4v) is 1.52. The molecule has 1 atom stereocenters. The van der Waals surface area contributed by atoms with Crippen LogP contribution in [0.15, 0.2) is 18.3 Å². The van der Waals surface area contributed by atoms with E-state index in [1.54, 1.807) is 0 Å². The third-order valence-corrected chi connectivity index (χ3v) is 2.46. The molecule has 2 heteroatoms. The number of aryl methyl sites for hydroxylation is 1. The Morgan fingerprint density at radius 3 is 2.81 bits per heavy atom. The smallest absolute Gasteiger partial charge is 0.0446 e. The molecule has 0 saturated heterocycles. The molecular weight excluding hydrogens is 196 g/mol. The fraction of sp³-hybridized carbons (Fsp3) is 0.500. The van der Waals surface area contributed by atoms with Crippen LogP contribution < -0.4 is 5.32 Å². The maximum absolute atomic E-state index is 4.33. The van der Waals surface area contributed by atoms with Crippen LogP contribution >= 0.6 is 0 Å². The lowest BCUT2D eigenvalue weighted by Crippen LogP contribution is -2.21. The Bertz CT molecular complexity index is 357. The van der Waals surface area contributed by atoms with Crippen molar-refractivity contribution in [3.63, 3.8) is 0 Å². The lowest BCUT2D eigenvalue weighted by molar-refractivity contribution is 0.541. The topological polar surface area (TPSA) is 24.9 Å². The molecule has 0 spiro atoms. The van der Waals surface area contributed by atoms with Crippen LogP contribution in [-0.4, -0.2) is 11.5 Å². The number of hydrogen-bond acceptors (Lipinski definition) is 2. The van der Waals surface area contributed by atoms with E-state index < -0.39 is 0 Å². The molecule has 0 saturated carbocycles. The molecular formula is C14H20N2. The summed E-state index contributed by atoms with van der Waals surface area (Å²) in [6, 6.07) is 4.49. The van der Waals surface area contributed by atoms with E-state index in [9.17, 15) is 0 Å². The first kappa shape index (κ1) is 12.7. The van der Waals surface area contributed by atoms with Gasteiger partial charge in [-0.05, 0) is 38.4 Å². The van der Waals surface area contributed by atoms with E-state index in [-0.39, 0.29) is 0 Å². The second-order valence-electron chi connectivity index (χ2n) is 3.87. The van der Waals surface area contributed by atoms with Crippen LogP contribution in [0.3, 0.4) is 0 Å². The van der Waals surface area contributed by atoms with Gasteiger partial charge in [0, 0.05) is 24.4 Å². The molecule has 86 valence electrons. The number of nitrogens with zero attached hydrogens (tertiary/aromatic N) is 1. The van der Waals surface area contributed by atoms with Crippen LogP contribution in [0.2, 0.25) is 0 Å². The third-order valence-electron chi connectivity index (χ3n) is 2.46. The van der Waals surface area contributed by atoms with Crippen molar-refractivity contribution in [1.29, 1.82) is 0 Å². The van der Waals surface area contributed by atoms with Gasteiger partial charge in [0.2, 0.25) is 0 Å². The first-order valence-electron chi connectivity index (χ1n) is 5.83. The van der Waals surface area contributed by atoms with Crippen molar-refractivity contribution >= 4 is 0 Å². The Hall–Kier alpha value is -1.33. The molecule has 1 N–H and O–H groups in total. The van der Waals surface area contributed by atoms with E-state index >= 15 is 0 Å². The zero-order valence-corrected chi connectivity index (χ0v) is 10.4. The molecule has 0 aromatic carbocycles. The van der Waals surface area contributed by atoms with Gasteiger partial charge in [0.05, 0.1) is 0 Å². The van der Waals surface area contributed by atoms with Crippen LogP contribution in [0.4, 0.5) is 0 Å². The fourth-order valence-electron chi connectivity index (χ4n) is 1.52. The molecule has 0 aliphatic carbocycles. The van der Waals surface area contributed by atoms with Crippen LogP contribution in [0.5, 0.6) is 0 Å². The van der Waals surface area contributed by atoms with Gasteiger partial charge >= 0.3 is 0 Å². The summed E-state index contributed by atoms with van der Waals surface area (Å²) in [4.78, 5) is 4.33. The molecule has 0 aliphatic heterocycles. The van der Waals surface area contributed by atoms with Crippen molar-refractivity contribution in [2.45, 2.75) is 39.7 Å². The minimum Gasteiger partial charge on any atom is -0.309 e. The minimum atomic E-state index is 0.306.